The van der Waals surface area contributed by atoms with E-state index < -0.39 is 0 Å². The number of benzene rings is 1. The lowest BCUT2D eigenvalue weighted by atomic mass is 10.0. The number of pyridine rings is 1. The number of aromatic nitrogens is 4. The van der Waals surface area contributed by atoms with Gasteiger partial charge in [0.2, 0.25) is 0 Å². The maximum Gasteiger partial charge on any atom is 0.257 e. The summed E-state index contributed by atoms with van der Waals surface area (Å²) in [4.78, 5) is 21.1. The molecule has 4 aromatic rings. The third kappa shape index (κ3) is 3.49. The highest BCUT2D eigenvalue weighted by Crippen LogP contribution is 2.23. The molecule has 0 aliphatic rings. The summed E-state index contributed by atoms with van der Waals surface area (Å²) in [7, 11) is 0. The molecule has 0 aliphatic heterocycles. The summed E-state index contributed by atoms with van der Waals surface area (Å²) < 4.78 is 1.71. The van der Waals surface area contributed by atoms with Crippen molar-refractivity contribution in [2.45, 2.75) is 26.3 Å². The first kappa shape index (κ1) is 17.9. The molecule has 28 heavy (non-hydrogen) atoms. The van der Waals surface area contributed by atoms with Gasteiger partial charge in [0, 0.05) is 30.7 Å². The van der Waals surface area contributed by atoms with Gasteiger partial charge in [0.25, 0.3) is 5.91 Å². The zero-order valence-corrected chi connectivity index (χ0v) is 15.8. The summed E-state index contributed by atoms with van der Waals surface area (Å²) in [6.45, 7) is 4.74. The second kappa shape index (κ2) is 7.60. The zero-order chi connectivity index (χ0) is 19.5. The molecule has 0 radical (unpaired) electrons. The summed E-state index contributed by atoms with van der Waals surface area (Å²) in [5, 5.41) is 7.31. The van der Waals surface area contributed by atoms with Crippen molar-refractivity contribution in [3.63, 3.8) is 0 Å². The molecule has 140 valence electrons. The topological polar surface area (TPSA) is 72.2 Å². The highest BCUT2D eigenvalue weighted by molar-refractivity contribution is 5.99. The standard InChI is InChI=1S/C22H21N5O/c1-15(2)17-5-7-18(8-6-17)20-9-11-24-21-19(14-26-27(20)21)22(28)25-13-16-4-3-10-23-12-16/h3-12,14-15H,13H2,1-2H3,(H,25,28). The van der Waals surface area contributed by atoms with Gasteiger partial charge >= 0.3 is 0 Å². The number of rotatable bonds is 5. The van der Waals surface area contributed by atoms with Crippen LogP contribution in [0.5, 0.6) is 0 Å². The number of carbonyl (C=O) groups excluding carboxylic acids is 1. The second-order valence-electron chi connectivity index (χ2n) is 6.94. The number of nitrogens with zero attached hydrogens (tertiary/aromatic N) is 4. The third-order valence-electron chi connectivity index (χ3n) is 4.69. The van der Waals surface area contributed by atoms with Crippen molar-refractivity contribution in [3.05, 3.63) is 83.9 Å². The average molecular weight is 371 g/mol. The summed E-state index contributed by atoms with van der Waals surface area (Å²) in [6, 6.07) is 14.1. The van der Waals surface area contributed by atoms with Crippen molar-refractivity contribution in [3.8, 4) is 11.3 Å². The molecule has 6 heteroatoms. The lowest BCUT2D eigenvalue weighted by Gasteiger charge is -2.08. The summed E-state index contributed by atoms with van der Waals surface area (Å²) in [5.74, 6) is 0.269. The molecule has 6 nitrogen and oxygen atoms in total. The van der Waals surface area contributed by atoms with Gasteiger partial charge in [0.1, 0.15) is 5.56 Å². The molecule has 1 N–H and O–H groups in total. The number of hydrogen-bond acceptors (Lipinski definition) is 4. The lowest BCUT2D eigenvalue weighted by Crippen LogP contribution is -2.22. The minimum atomic E-state index is -0.210. The van der Waals surface area contributed by atoms with E-state index in [-0.39, 0.29) is 5.91 Å². The molecule has 0 fully saturated rings. The van der Waals surface area contributed by atoms with Crippen molar-refractivity contribution < 1.29 is 4.79 Å². The molecule has 0 atom stereocenters. The van der Waals surface area contributed by atoms with E-state index in [0.29, 0.717) is 23.7 Å². The summed E-state index contributed by atoms with van der Waals surface area (Å²) >= 11 is 0. The molecule has 3 aromatic heterocycles. The number of nitrogens with one attached hydrogen (secondary N) is 1. The quantitative estimate of drug-likeness (QED) is 0.578. The molecular weight excluding hydrogens is 350 g/mol. The van der Waals surface area contributed by atoms with Gasteiger partial charge in [-0.15, -0.1) is 0 Å². The molecule has 0 saturated carbocycles. The minimum absolute atomic E-state index is 0.210. The first-order chi connectivity index (χ1) is 13.6. The fourth-order valence-corrected chi connectivity index (χ4v) is 3.09. The van der Waals surface area contributed by atoms with Crippen LogP contribution < -0.4 is 5.32 Å². The van der Waals surface area contributed by atoms with Crippen molar-refractivity contribution >= 4 is 11.6 Å². The molecule has 0 bridgehead atoms. The van der Waals surface area contributed by atoms with Gasteiger partial charge in [-0.25, -0.2) is 9.50 Å². The molecule has 4 rings (SSSR count). The number of fused-ring (bicyclic) bond motifs is 1. The molecule has 0 spiro atoms. The largest absolute Gasteiger partial charge is 0.348 e. The Bertz CT molecular complexity index is 1100. The fourth-order valence-electron chi connectivity index (χ4n) is 3.09. The van der Waals surface area contributed by atoms with Crippen LogP contribution in [0.25, 0.3) is 16.9 Å². The van der Waals surface area contributed by atoms with Gasteiger partial charge < -0.3 is 5.32 Å². The van der Waals surface area contributed by atoms with Crippen LogP contribution in [0.1, 0.15) is 41.3 Å². The van der Waals surface area contributed by atoms with E-state index in [1.165, 1.54) is 5.56 Å². The third-order valence-corrected chi connectivity index (χ3v) is 4.69. The maximum atomic E-state index is 12.6. The Balaban J connectivity index is 1.62. The maximum absolute atomic E-state index is 12.6. The van der Waals surface area contributed by atoms with E-state index in [1.54, 1.807) is 29.3 Å². The van der Waals surface area contributed by atoms with Crippen molar-refractivity contribution in [2.24, 2.45) is 0 Å². The van der Waals surface area contributed by atoms with E-state index in [2.05, 4.69) is 58.5 Å². The van der Waals surface area contributed by atoms with Crippen LogP contribution >= 0.6 is 0 Å². The van der Waals surface area contributed by atoms with Crippen LogP contribution in [-0.2, 0) is 6.54 Å². The fraction of sp³-hybridized carbons (Fsp3) is 0.182. The Hall–Kier alpha value is -3.54. The SMILES string of the molecule is CC(C)c1ccc(-c2ccnc3c(C(=O)NCc4cccnc4)cnn23)cc1. The predicted molar refractivity (Wildman–Crippen MR) is 108 cm³/mol. The van der Waals surface area contributed by atoms with Gasteiger partial charge in [-0.3, -0.25) is 9.78 Å². The zero-order valence-electron chi connectivity index (χ0n) is 15.8. The minimum Gasteiger partial charge on any atom is -0.348 e. The van der Waals surface area contributed by atoms with Crippen LogP contribution in [0.4, 0.5) is 0 Å². The number of hydrogen-bond donors (Lipinski definition) is 1. The van der Waals surface area contributed by atoms with Gasteiger partial charge in [-0.1, -0.05) is 44.2 Å². The lowest BCUT2D eigenvalue weighted by molar-refractivity contribution is 0.0952. The molecule has 3 heterocycles. The van der Waals surface area contributed by atoms with Crippen molar-refractivity contribution in [2.75, 3.05) is 0 Å². The van der Waals surface area contributed by atoms with Crippen LogP contribution in [0.15, 0.2) is 67.3 Å². The molecule has 1 amide bonds. The van der Waals surface area contributed by atoms with Crippen LogP contribution in [0.2, 0.25) is 0 Å². The highest BCUT2D eigenvalue weighted by atomic mass is 16.1. The van der Waals surface area contributed by atoms with E-state index in [9.17, 15) is 4.79 Å². The average Bonchev–Trinajstić information content (AvgIpc) is 3.17. The van der Waals surface area contributed by atoms with E-state index in [1.807, 2.05) is 18.2 Å². The van der Waals surface area contributed by atoms with Crippen LogP contribution in [-0.4, -0.2) is 25.5 Å². The van der Waals surface area contributed by atoms with Crippen LogP contribution in [0.3, 0.4) is 0 Å². The highest BCUT2D eigenvalue weighted by Gasteiger charge is 2.16. The molecule has 1 aromatic carbocycles. The second-order valence-corrected chi connectivity index (χ2v) is 6.94. The van der Waals surface area contributed by atoms with Gasteiger partial charge in [-0.05, 0) is 29.2 Å². The normalized spacial score (nSPS) is 11.1. The Labute approximate surface area is 163 Å². The Morgan fingerprint density at radius 2 is 1.89 bits per heavy atom. The van der Waals surface area contributed by atoms with Gasteiger partial charge in [0.05, 0.1) is 11.9 Å². The van der Waals surface area contributed by atoms with Gasteiger partial charge in [-0.2, -0.15) is 5.10 Å². The Morgan fingerprint density at radius 3 is 2.61 bits per heavy atom. The van der Waals surface area contributed by atoms with E-state index in [4.69, 9.17) is 0 Å². The van der Waals surface area contributed by atoms with E-state index in [0.717, 1.165) is 16.8 Å². The summed E-state index contributed by atoms with van der Waals surface area (Å²) in [6.07, 6.45) is 6.71. The number of amides is 1. The van der Waals surface area contributed by atoms with Gasteiger partial charge in [0.15, 0.2) is 5.65 Å². The summed E-state index contributed by atoms with van der Waals surface area (Å²) in [5.41, 5.74) is 5.13. The van der Waals surface area contributed by atoms with Crippen molar-refractivity contribution in [1.29, 1.82) is 0 Å². The molecule has 0 saturated heterocycles. The molecule has 0 unspecified atom stereocenters. The smallest absolute Gasteiger partial charge is 0.257 e. The monoisotopic (exact) mass is 371 g/mol. The molecule has 0 aliphatic carbocycles. The first-order valence-electron chi connectivity index (χ1n) is 9.23. The Morgan fingerprint density at radius 1 is 1.07 bits per heavy atom. The van der Waals surface area contributed by atoms with Crippen molar-refractivity contribution in [1.82, 2.24) is 24.9 Å². The molecular formula is C22H21N5O. The first-order valence-corrected chi connectivity index (χ1v) is 9.23. The van der Waals surface area contributed by atoms with E-state index >= 15 is 0 Å². The van der Waals surface area contributed by atoms with Crippen LogP contribution in [0, 0.1) is 0 Å². The Kier molecular flexibility index (Phi) is 4.85. The number of carbonyl (C=O) groups is 1. The predicted octanol–water partition coefficient (Wildman–Crippen LogP) is 3.84.